The largest absolute Gasteiger partial charge is 0.465 e. The average molecular weight is 287 g/mol. The number of nitrogens with one attached hydrogen (secondary N) is 1. The van der Waals surface area contributed by atoms with Crippen LogP contribution in [-0.2, 0) is 19.5 Å². The fourth-order valence-corrected chi connectivity index (χ4v) is 2.68. The maximum absolute atomic E-state index is 12.1. The Morgan fingerprint density at radius 3 is 2.53 bits per heavy atom. The van der Waals surface area contributed by atoms with Crippen LogP contribution in [0.1, 0.15) is 17.3 Å². The Bertz CT molecular complexity index is 541. The van der Waals surface area contributed by atoms with Crippen molar-refractivity contribution in [3.63, 3.8) is 0 Å². The van der Waals surface area contributed by atoms with Crippen LogP contribution in [0.4, 0.5) is 0 Å². The summed E-state index contributed by atoms with van der Waals surface area (Å²) >= 11 is 0. The Morgan fingerprint density at radius 1 is 1.32 bits per heavy atom. The molecule has 0 aliphatic rings. The molecule has 106 valence electrons. The zero-order chi connectivity index (χ0) is 14.5. The van der Waals surface area contributed by atoms with Crippen LogP contribution < -0.4 is 4.72 Å². The van der Waals surface area contributed by atoms with Crippen LogP contribution in [-0.4, -0.2) is 41.3 Å². The fourth-order valence-electron chi connectivity index (χ4n) is 1.37. The predicted octanol–water partition coefficient (Wildman–Crippen LogP) is 0.786. The van der Waals surface area contributed by atoms with Crippen LogP contribution >= 0.6 is 0 Å². The second-order valence-corrected chi connectivity index (χ2v) is 5.62. The topological polar surface area (TPSA) is 81.7 Å². The maximum atomic E-state index is 12.1. The average Bonchev–Trinajstić information content (AvgIpc) is 2.43. The zero-order valence-corrected chi connectivity index (χ0v) is 11.9. The van der Waals surface area contributed by atoms with Gasteiger partial charge in [0.15, 0.2) is 0 Å². The molecular weight excluding hydrogens is 270 g/mol. The van der Waals surface area contributed by atoms with E-state index in [1.54, 1.807) is 19.1 Å². The lowest BCUT2D eigenvalue weighted by atomic mass is 10.2. The SMILES string of the molecule is COC(=O)c1ccccc1S(=O)(=O)NCC(C)OC. The van der Waals surface area contributed by atoms with E-state index in [1.165, 1.54) is 26.4 Å². The molecule has 0 amide bonds. The van der Waals surface area contributed by atoms with Crippen molar-refractivity contribution in [3.8, 4) is 0 Å². The minimum Gasteiger partial charge on any atom is -0.465 e. The van der Waals surface area contributed by atoms with Gasteiger partial charge in [-0.25, -0.2) is 17.9 Å². The standard InChI is InChI=1S/C12H17NO5S/c1-9(17-2)8-13-19(15,16)11-7-5-4-6-10(11)12(14)18-3/h4-7,9,13H,8H2,1-3H3. The van der Waals surface area contributed by atoms with Crippen LogP contribution in [0, 0.1) is 0 Å². The second-order valence-electron chi connectivity index (χ2n) is 3.89. The number of sulfonamides is 1. The number of rotatable bonds is 6. The summed E-state index contributed by atoms with van der Waals surface area (Å²) in [5.41, 5.74) is 0.00238. The molecule has 0 heterocycles. The third-order valence-electron chi connectivity index (χ3n) is 2.55. The summed E-state index contributed by atoms with van der Waals surface area (Å²) in [6.45, 7) is 1.85. The van der Waals surface area contributed by atoms with Gasteiger partial charge in [0.05, 0.1) is 23.7 Å². The molecule has 0 radical (unpaired) electrons. The van der Waals surface area contributed by atoms with Gasteiger partial charge in [-0.3, -0.25) is 0 Å². The highest BCUT2D eigenvalue weighted by Crippen LogP contribution is 2.16. The van der Waals surface area contributed by atoms with Gasteiger partial charge in [0.1, 0.15) is 0 Å². The van der Waals surface area contributed by atoms with Gasteiger partial charge >= 0.3 is 5.97 Å². The normalized spacial score (nSPS) is 13.0. The summed E-state index contributed by atoms with van der Waals surface area (Å²) < 4.78 is 36.1. The van der Waals surface area contributed by atoms with E-state index < -0.39 is 16.0 Å². The lowest BCUT2D eigenvalue weighted by Gasteiger charge is -2.13. The highest BCUT2D eigenvalue weighted by molar-refractivity contribution is 7.89. The number of carbonyl (C=O) groups is 1. The minimum atomic E-state index is -3.78. The molecule has 0 spiro atoms. The van der Waals surface area contributed by atoms with Gasteiger partial charge in [-0.1, -0.05) is 12.1 Å². The molecule has 0 saturated heterocycles. The van der Waals surface area contributed by atoms with E-state index in [9.17, 15) is 13.2 Å². The Labute approximate surface area is 112 Å². The van der Waals surface area contributed by atoms with Gasteiger partial charge < -0.3 is 9.47 Å². The van der Waals surface area contributed by atoms with E-state index in [0.29, 0.717) is 0 Å². The molecule has 1 N–H and O–H groups in total. The van der Waals surface area contributed by atoms with Crippen molar-refractivity contribution in [1.29, 1.82) is 0 Å². The highest BCUT2D eigenvalue weighted by Gasteiger charge is 2.22. The van der Waals surface area contributed by atoms with Crippen molar-refractivity contribution in [1.82, 2.24) is 4.72 Å². The van der Waals surface area contributed by atoms with Crippen molar-refractivity contribution in [2.24, 2.45) is 0 Å². The van der Waals surface area contributed by atoms with Crippen LogP contribution in [0.2, 0.25) is 0 Å². The van der Waals surface area contributed by atoms with E-state index in [1.807, 2.05) is 0 Å². The molecule has 1 aromatic rings. The summed E-state index contributed by atoms with van der Waals surface area (Å²) in [5, 5.41) is 0. The van der Waals surface area contributed by atoms with Crippen LogP contribution in [0.15, 0.2) is 29.2 Å². The Hall–Kier alpha value is -1.44. The van der Waals surface area contributed by atoms with Gasteiger partial charge in [0, 0.05) is 13.7 Å². The van der Waals surface area contributed by atoms with Crippen molar-refractivity contribution >= 4 is 16.0 Å². The lowest BCUT2D eigenvalue weighted by molar-refractivity contribution is 0.0596. The molecular formula is C12H17NO5S. The van der Waals surface area contributed by atoms with Crippen molar-refractivity contribution in [2.75, 3.05) is 20.8 Å². The first kappa shape index (κ1) is 15.6. The third-order valence-corrected chi connectivity index (χ3v) is 4.03. The molecule has 1 atom stereocenters. The molecule has 1 aromatic carbocycles. The minimum absolute atomic E-state index is 0.00238. The van der Waals surface area contributed by atoms with Crippen LogP contribution in [0.3, 0.4) is 0 Å². The summed E-state index contributed by atoms with van der Waals surface area (Å²) in [6.07, 6.45) is -0.264. The molecule has 0 aromatic heterocycles. The molecule has 0 bridgehead atoms. The Morgan fingerprint density at radius 2 is 1.95 bits per heavy atom. The zero-order valence-electron chi connectivity index (χ0n) is 11.0. The van der Waals surface area contributed by atoms with E-state index >= 15 is 0 Å². The molecule has 0 aliphatic carbocycles. The van der Waals surface area contributed by atoms with Gasteiger partial charge in [0.2, 0.25) is 10.0 Å². The molecule has 0 fully saturated rings. The quantitative estimate of drug-likeness (QED) is 0.782. The number of hydrogen-bond donors (Lipinski definition) is 1. The van der Waals surface area contributed by atoms with E-state index in [4.69, 9.17) is 4.74 Å². The van der Waals surface area contributed by atoms with Gasteiger partial charge in [-0.2, -0.15) is 0 Å². The first-order chi connectivity index (χ1) is 8.92. The first-order valence-electron chi connectivity index (χ1n) is 5.62. The molecule has 0 aliphatic heterocycles. The summed E-state index contributed by atoms with van der Waals surface area (Å²) in [4.78, 5) is 11.4. The van der Waals surface area contributed by atoms with Crippen LogP contribution in [0.25, 0.3) is 0 Å². The second kappa shape index (κ2) is 6.65. The Kier molecular flexibility index (Phi) is 5.46. The number of carbonyl (C=O) groups excluding carboxylic acids is 1. The van der Waals surface area contributed by atoms with Gasteiger partial charge in [-0.15, -0.1) is 0 Å². The van der Waals surface area contributed by atoms with Crippen LogP contribution in [0.5, 0.6) is 0 Å². The fraction of sp³-hybridized carbons (Fsp3) is 0.417. The first-order valence-corrected chi connectivity index (χ1v) is 7.10. The molecule has 6 nitrogen and oxygen atoms in total. The smallest absolute Gasteiger partial charge is 0.339 e. The number of hydrogen-bond acceptors (Lipinski definition) is 5. The van der Waals surface area contributed by atoms with Crippen molar-refractivity contribution < 1.29 is 22.7 Å². The van der Waals surface area contributed by atoms with Crippen molar-refractivity contribution in [2.45, 2.75) is 17.9 Å². The van der Waals surface area contributed by atoms with Crippen molar-refractivity contribution in [3.05, 3.63) is 29.8 Å². The molecule has 7 heteroatoms. The van der Waals surface area contributed by atoms with E-state index in [2.05, 4.69) is 9.46 Å². The lowest BCUT2D eigenvalue weighted by Crippen LogP contribution is -2.32. The maximum Gasteiger partial charge on any atom is 0.339 e. The molecule has 1 unspecified atom stereocenters. The number of ether oxygens (including phenoxy) is 2. The number of benzene rings is 1. The number of esters is 1. The van der Waals surface area contributed by atoms with E-state index in [-0.39, 0.29) is 23.1 Å². The Balaban J connectivity index is 3.04. The summed E-state index contributed by atoms with van der Waals surface area (Å²) in [5.74, 6) is -0.694. The number of methoxy groups -OCH3 is 2. The summed E-state index contributed by atoms with van der Waals surface area (Å²) in [7, 11) is -1.09. The highest BCUT2D eigenvalue weighted by atomic mass is 32.2. The monoisotopic (exact) mass is 287 g/mol. The molecule has 1 rings (SSSR count). The third kappa shape index (κ3) is 4.02. The van der Waals surface area contributed by atoms with E-state index in [0.717, 1.165) is 0 Å². The molecule has 19 heavy (non-hydrogen) atoms. The summed E-state index contributed by atoms with van der Waals surface area (Å²) in [6, 6.07) is 5.87. The van der Waals surface area contributed by atoms with Gasteiger partial charge in [0.25, 0.3) is 0 Å². The predicted molar refractivity (Wildman–Crippen MR) is 69.4 cm³/mol. The molecule has 0 saturated carbocycles. The van der Waals surface area contributed by atoms with Gasteiger partial charge in [-0.05, 0) is 19.1 Å².